The summed E-state index contributed by atoms with van der Waals surface area (Å²) in [5.74, 6) is 0. The minimum atomic E-state index is -3.11. The lowest BCUT2D eigenvalue weighted by molar-refractivity contribution is 0.602. The normalized spacial score (nSPS) is 11.5. The maximum Gasteiger partial charge on any atom is 0.175 e. The van der Waals surface area contributed by atoms with Crippen LogP contribution in [0.4, 0.5) is 5.69 Å². The van der Waals surface area contributed by atoms with Crippen LogP contribution in [0, 0.1) is 0 Å². The van der Waals surface area contributed by atoms with E-state index in [2.05, 4.69) is 0 Å². The maximum absolute atomic E-state index is 11.2. The Morgan fingerprint density at radius 2 is 2.00 bits per heavy atom. The summed E-state index contributed by atoms with van der Waals surface area (Å²) >= 11 is 0. The highest BCUT2D eigenvalue weighted by Gasteiger charge is 2.08. The average Bonchev–Trinajstić information content (AvgIpc) is 2.03. The molecular formula is C9H13NO2S. The minimum Gasteiger partial charge on any atom is -0.399 e. The summed E-state index contributed by atoms with van der Waals surface area (Å²) in [6.45, 7) is 1.94. The number of benzene rings is 1. The molecule has 0 radical (unpaired) electrons. The zero-order chi connectivity index (χ0) is 10.1. The molecule has 0 heterocycles. The largest absolute Gasteiger partial charge is 0.399 e. The number of hydrogen-bond acceptors (Lipinski definition) is 3. The Morgan fingerprint density at radius 1 is 1.38 bits per heavy atom. The fourth-order valence-electron chi connectivity index (χ4n) is 1.12. The minimum absolute atomic E-state index is 0.332. The molecule has 72 valence electrons. The molecule has 0 aliphatic carbocycles. The molecule has 0 spiro atoms. The smallest absolute Gasteiger partial charge is 0.175 e. The fourth-order valence-corrected chi connectivity index (χ4v) is 1.79. The molecule has 0 atom stereocenters. The van der Waals surface area contributed by atoms with Crippen LogP contribution in [0.15, 0.2) is 23.1 Å². The summed E-state index contributed by atoms with van der Waals surface area (Å²) in [5, 5.41) is 0. The molecule has 0 saturated heterocycles. The monoisotopic (exact) mass is 199 g/mol. The Balaban J connectivity index is 3.30. The van der Waals surface area contributed by atoms with Gasteiger partial charge in [-0.15, -0.1) is 0 Å². The lowest BCUT2D eigenvalue weighted by Gasteiger charge is -2.04. The van der Waals surface area contributed by atoms with Gasteiger partial charge in [-0.2, -0.15) is 0 Å². The van der Waals surface area contributed by atoms with Gasteiger partial charge in [-0.05, 0) is 30.2 Å². The Bertz CT molecular complexity index is 410. The number of anilines is 1. The standard InChI is InChI=1S/C9H13NO2S/c1-3-7-6-8(13(2,11)12)4-5-9(7)10/h4-6H,3,10H2,1-2H3. The molecule has 0 saturated carbocycles. The van der Waals surface area contributed by atoms with Gasteiger partial charge in [0.1, 0.15) is 0 Å². The summed E-state index contributed by atoms with van der Waals surface area (Å²) in [6.07, 6.45) is 1.94. The van der Waals surface area contributed by atoms with E-state index in [4.69, 9.17) is 5.73 Å². The second-order valence-electron chi connectivity index (χ2n) is 2.99. The fraction of sp³-hybridized carbons (Fsp3) is 0.333. The molecule has 0 aliphatic heterocycles. The first-order chi connectivity index (χ1) is 5.95. The highest BCUT2D eigenvalue weighted by molar-refractivity contribution is 7.90. The number of rotatable bonds is 2. The van der Waals surface area contributed by atoms with Crippen molar-refractivity contribution < 1.29 is 8.42 Å². The molecule has 4 heteroatoms. The van der Waals surface area contributed by atoms with E-state index in [-0.39, 0.29) is 0 Å². The van der Waals surface area contributed by atoms with Crippen molar-refractivity contribution in [2.45, 2.75) is 18.2 Å². The third kappa shape index (κ3) is 2.21. The third-order valence-corrected chi connectivity index (χ3v) is 3.03. The molecular weight excluding hydrogens is 186 g/mol. The van der Waals surface area contributed by atoms with Gasteiger partial charge >= 0.3 is 0 Å². The van der Waals surface area contributed by atoms with Crippen LogP contribution in [0.2, 0.25) is 0 Å². The molecule has 0 amide bonds. The van der Waals surface area contributed by atoms with E-state index in [0.717, 1.165) is 12.0 Å². The van der Waals surface area contributed by atoms with Crippen LogP contribution in [-0.4, -0.2) is 14.7 Å². The maximum atomic E-state index is 11.2. The van der Waals surface area contributed by atoms with E-state index in [1.807, 2.05) is 6.92 Å². The van der Waals surface area contributed by atoms with Gasteiger partial charge in [0.05, 0.1) is 4.90 Å². The lowest BCUT2D eigenvalue weighted by atomic mass is 10.1. The highest BCUT2D eigenvalue weighted by Crippen LogP contribution is 2.17. The van der Waals surface area contributed by atoms with Crippen molar-refractivity contribution in [3.05, 3.63) is 23.8 Å². The van der Waals surface area contributed by atoms with Crippen LogP contribution in [0.25, 0.3) is 0 Å². The van der Waals surface area contributed by atoms with Gasteiger partial charge in [-0.25, -0.2) is 8.42 Å². The molecule has 1 aromatic carbocycles. The molecule has 1 rings (SSSR count). The second kappa shape index (κ2) is 3.38. The van der Waals surface area contributed by atoms with Crippen LogP contribution < -0.4 is 5.73 Å². The Morgan fingerprint density at radius 3 is 2.46 bits per heavy atom. The third-order valence-electron chi connectivity index (χ3n) is 1.92. The number of nitrogens with two attached hydrogens (primary N) is 1. The number of aryl methyl sites for hydroxylation is 1. The van der Waals surface area contributed by atoms with Crippen LogP contribution in [0.5, 0.6) is 0 Å². The van der Waals surface area contributed by atoms with Crippen molar-refractivity contribution in [3.8, 4) is 0 Å². The first-order valence-corrected chi connectivity index (χ1v) is 5.92. The van der Waals surface area contributed by atoms with E-state index in [1.165, 1.54) is 12.3 Å². The summed E-state index contributed by atoms with van der Waals surface area (Å²) in [6, 6.07) is 4.80. The zero-order valence-corrected chi connectivity index (χ0v) is 8.56. The van der Waals surface area contributed by atoms with Crippen molar-refractivity contribution in [3.63, 3.8) is 0 Å². The quantitative estimate of drug-likeness (QED) is 0.729. The highest BCUT2D eigenvalue weighted by atomic mass is 32.2. The van der Waals surface area contributed by atoms with Gasteiger partial charge in [-0.3, -0.25) is 0 Å². The Hall–Kier alpha value is -1.03. The molecule has 0 unspecified atom stereocenters. The SMILES string of the molecule is CCc1cc(S(C)(=O)=O)ccc1N. The number of nitrogen functional groups attached to an aromatic ring is 1. The molecule has 0 bridgehead atoms. The topological polar surface area (TPSA) is 60.2 Å². The molecule has 0 aromatic heterocycles. The first kappa shape index (κ1) is 10.1. The molecule has 0 aliphatic rings. The Kier molecular flexibility index (Phi) is 2.61. The van der Waals surface area contributed by atoms with Gasteiger partial charge in [-0.1, -0.05) is 6.92 Å². The van der Waals surface area contributed by atoms with Gasteiger partial charge in [0.15, 0.2) is 9.84 Å². The van der Waals surface area contributed by atoms with Crippen LogP contribution in [0.3, 0.4) is 0 Å². The zero-order valence-electron chi connectivity index (χ0n) is 7.74. The van der Waals surface area contributed by atoms with E-state index in [9.17, 15) is 8.42 Å². The Labute approximate surface area is 78.5 Å². The van der Waals surface area contributed by atoms with Crippen molar-refractivity contribution in [2.24, 2.45) is 0 Å². The first-order valence-electron chi connectivity index (χ1n) is 4.03. The van der Waals surface area contributed by atoms with Crippen molar-refractivity contribution in [1.82, 2.24) is 0 Å². The summed E-state index contributed by atoms with van der Waals surface area (Å²) in [4.78, 5) is 0.332. The number of sulfone groups is 1. The average molecular weight is 199 g/mol. The second-order valence-corrected chi connectivity index (χ2v) is 5.00. The predicted molar refractivity (Wildman–Crippen MR) is 53.3 cm³/mol. The van der Waals surface area contributed by atoms with Crippen LogP contribution in [0.1, 0.15) is 12.5 Å². The van der Waals surface area contributed by atoms with Gasteiger partial charge in [0, 0.05) is 11.9 Å². The molecule has 2 N–H and O–H groups in total. The molecule has 1 aromatic rings. The lowest BCUT2D eigenvalue weighted by Crippen LogP contribution is -2.00. The van der Waals surface area contributed by atoms with E-state index >= 15 is 0 Å². The predicted octanol–water partition coefficient (Wildman–Crippen LogP) is 1.23. The van der Waals surface area contributed by atoms with Crippen LogP contribution >= 0.6 is 0 Å². The number of hydrogen-bond donors (Lipinski definition) is 1. The summed E-state index contributed by atoms with van der Waals surface area (Å²) in [7, 11) is -3.11. The van der Waals surface area contributed by atoms with E-state index < -0.39 is 9.84 Å². The molecule has 0 fully saturated rings. The van der Waals surface area contributed by atoms with Gasteiger partial charge in [0.2, 0.25) is 0 Å². The van der Waals surface area contributed by atoms with E-state index in [1.54, 1.807) is 12.1 Å². The summed E-state index contributed by atoms with van der Waals surface area (Å²) < 4.78 is 22.3. The van der Waals surface area contributed by atoms with Crippen molar-refractivity contribution in [1.29, 1.82) is 0 Å². The van der Waals surface area contributed by atoms with Crippen molar-refractivity contribution in [2.75, 3.05) is 12.0 Å². The van der Waals surface area contributed by atoms with E-state index in [0.29, 0.717) is 10.6 Å². The van der Waals surface area contributed by atoms with Crippen LogP contribution in [-0.2, 0) is 16.3 Å². The molecule has 3 nitrogen and oxygen atoms in total. The van der Waals surface area contributed by atoms with Gasteiger partial charge in [0.25, 0.3) is 0 Å². The van der Waals surface area contributed by atoms with Crippen molar-refractivity contribution >= 4 is 15.5 Å². The molecule has 13 heavy (non-hydrogen) atoms. The van der Waals surface area contributed by atoms with Gasteiger partial charge < -0.3 is 5.73 Å². The summed E-state index contributed by atoms with van der Waals surface area (Å²) in [5.41, 5.74) is 7.17.